The minimum atomic E-state index is -1.21. The first kappa shape index (κ1) is 39.0. The molecule has 1 aliphatic rings. The quantitative estimate of drug-likeness (QED) is 0.291. The average molecular weight is 610 g/mol. The van der Waals surface area contributed by atoms with Gasteiger partial charge in [-0.2, -0.15) is 0 Å². The second kappa shape index (κ2) is 22.4. The third kappa shape index (κ3) is 17.1. The molecule has 0 aliphatic carbocycles. The number of rotatable bonds is 4. The molecule has 7 atom stereocenters. The summed E-state index contributed by atoms with van der Waals surface area (Å²) in [6.45, 7) is 7.56. The number of allylic oxidation sites excluding steroid dienone is 3. The molecule has 0 saturated heterocycles. The minimum Gasteiger partial charge on any atom is -0.452 e. The van der Waals surface area contributed by atoms with Crippen molar-refractivity contribution in [2.45, 2.75) is 142 Å². The second-order valence-corrected chi connectivity index (χ2v) is 12.5. The van der Waals surface area contributed by atoms with Gasteiger partial charge in [0, 0.05) is 25.8 Å². The Hall–Kier alpha value is -2.07. The number of hydrogen-bond acceptors (Lipinski definition) is 8. The van der Waals surface area contributed by atoms with Crippen LogP contribution in [0.1, 0.15) is 118 Å². The molecule has 1 amide bonds. The molecule has 1 unspecified atom stereocenters. The molecule has 0 radical (unpaired) electrons. The minimum absolute atomic E-state index is 0.145. The maximum absolute atomic E-state index is 12.8. The van der Waals surface area contributed by atoms with Crippen LogP contribution in [0.4, 0.5) is 0 Å². The van der Waals surface area contributed by atoms with Gasteiger partial charge in [0.05, 0.1) is 30.8 Å². The first-order valence-electron chi connectivity index (χ1n) is 16.5. The SMILES string of the molecule is CCC[C@@H]1OC(=O)[C@@H](C)C[C@@H](C)CCCCC(=O)CCCC(CC)/C=C/C=C(\CO)CC[C@@H](O)[C@@H](O)C[C@H](O)CNC1=O. The van der Waals surface area contributed by atoms with Crippen LogP contribution in [0.2, 0.25) is 0 Å². The van der Waals surface area contributed by atoms with Crippen molar-refractivity contribution in [3.8, 4) is 0 Å². The molecule has 0 aromatic rings. The van der Waals surface area contributed by atoms with Gasteiger partial charge in [-0.1, -0.05) is 65.2 Å². The summed E-state index contributed by atoms with van der Waals surface area (Å²) in [4.78, 5) is 38.0. The topological polar surface area (TPSA) is 153 Å². The number of carbonyl (C=O) groups is 3. The molecule has 0 bridgehead atoms. The van der Waals surface area contributed by atoms with E-state index in [9.17, 15) is 34.8 Å². The number of nitrogens with one attached hydrogen (secondary N) is 1. The molecule has 0 fully saturated rings. The fraction of sp³-hybridized carbons (Fsp3) is 0.794. The largest absolute Gasteiger partial charge is 0.452 e. The van der Waals surface area contributed by atoms with Gasteiger partial charge in [-0.3, -0.25) is 14.4 Å². The summed E-state index contributed by atoms with van der Waals surface area (Å²) in [7, 11) is 0. The van der Waals surface area contributed by atoms with Crippen molar-refractivity contribution in [2.75, 3.05) is 13.2 Å². The van der Waals surface area contributed by atoms with E-state index in [2.05, 4.69) is 25.2 Å². The van der Waals surface area contributed by atoms with E-state index in [0.717, 1.165) is 38.5 Å². The molecule has 1 heterocycles. The average Bonchev–Trinajstić information content (AvgIpc) is 2.97. The summed E-state index contributed by atoms with van der Waals surface area (Å²) in [5.41, 5.74) is 0.716. The molecule has 9 nitrogen and oxygen atoms in total. The summed E-state index contributed by atoms with van der Waals surface area (Å²) in [5.74, 6) is -0.417. The Kier molecular flexibility index (Phi) is 20.3. The van der Waals surface area contributed by atoms with Gasteiger partial charge in [-0.05, 0) is 68.8 Å². The summed E-state index contributed by atoms with van der Waals surface area (Å²) >= 11 is 0. The Labute approximate surface area is 259 Å². The van der Waals surface area contributed by atoms with Gasteiger partial charge in [-0.25, -0.2) is 0 Å². The highest BCUT2D eigenvalue weighted by Crippen LogP contribution is 2.22. The van der Waals surface area contributed by atoms with Gasteiger partial charge >= 0.3 is 5.97 Å². The van der Waals surface area contributed by atoms with Crippen LogP contribution >= 0.6 is 0 Å². The summed E-state index contributed by atoms with van der Waals surface area (Å²) in [6, 6.07) is 0. The number of cyclic esters (lactones) is 1. The number of ether oxygens (including phenoxy) is 1. The number of carbonyl (C=O) groups excluding carboxylic acids is 3. The number of aliphatic hydroxyl groups excluding tert-OH is 4. The molecule has 0 aromatic carbocycles. The van der Waals surface area contributed by atoms with Crippen molar-refractivity contribution < 1.29 is 39.5 Å². The number of amides is 1. The zero-order valence-corrected chi connectivity index (χ0v) is 27.0. The van der Waals surface area contributed by atoms with Crippen LogP contribution in [-0.2, 0) is 19.1 Å². The molecule has 1 aliphatic heterocycles. The third-order valence-electron chi connectivity index (χ3n) is 8.37. The second-order valence-electron chi connectivity index (χ2n) is 12.5. The predicted octanol–water partition coefficient (Wildman–Crippen LogP) is 4.54. The van der Waals surface area contributed by atoms with Gasteiger partial charge in [0.2, 0.25) is 0 Å². The molecule has 0 aromatic heterocycles. The van der Waals surface area contributed by atoms with Crippen LogP contribution in [-0.4, -0.2) is 75.7 Å². The predicted molar refractivity (Wildman–Crippen MR) is 168 cm³/mol. The van der Waals surface area contributed by atoms with Crippen LogP contribution in [0.5, 0.6) is 0 Å². The number of hydrogen-bond donors (Lipinski definition) is 5. The van der Waals surface area contributed by atoms with Gasteiger partial charge in [-0.15, -0.1) is 0 Å². The molecular formula is C34H59NO8. The number of Topliss-reactive ketones (excluding diaryl/α,β-unsaturated/α-hetero) is 1. The summed E-state index contributed by atoms with van der Waals surface area (Å²) in [6.07, 6.45) is 9.97. The van der Waals surface area contributed by atoms with E-state index in [4.69, 9.17) is 4.74 Å². The van der Waals surface area contributed by atoms with Crippen molar-refractivity contribution in [2.24, 2.45) is 17.8 Å². The third-order valence-corrected chi connectivity index (χ3v) is 8.37. The normalized spacial score (nSPS) is 33.3. The molecule has 248 valence electrons. The Balaban J connectivity index is 2.92. The van der Waals surface area contributed by atoms with Crippen molar-refractivity contribution >= 4 is 17.7 Å². The number of aliphatic hydroxyl groups is 4. The Morgan fingerprint density at radius 3 is 2.30 bits per heavy atom. The Morgan fingerprint density at radius 2 is 1.63 bits per heavy atom. The monoisotopic (exact) mass is 609 g/mol. The van der Waals surface area contributed by atoms with Gasteiger partial charge < -0.3 is 30.5 Å². The van der Waals surface area contributed by atoms with E-state index in [-0.39, 0.29) is 43.6 Å². The van der Waals surface area contributed by atoms with Crippen molar-refractivity contribution in [3.05, 3.63) is 23.8 Å². The smallest absolute Gasteiger partial charge is 0.309 e. The van der Waals surface area contributed by atoms with Crippen LogP contribution < -0.4 is 5.32 Å². The Morgan fingerprint density at radius 1 is 0.907 bits per heavy atom. The van der Waals surface area contributed by atoms with Crippen LogP contribution in [0.3, 0.4) is 0 Å². The first-order chi connectivity index (χ1) is 20.5. The van der Waals surface area contributed by atoms with Crippen molar-refractivity contribution in [3.63, 3.8) is 0 Å². The van der Waals surface area contributed by atoms with Gasteiger partial charge in [0.15, 0.2) is 6.10 Å². The Bertz CT molecular complexity index is 872. The van der Waals surface area contributed by atoms with Crippen LogP contribution in [0.15, 0.2) is 23.8 Å². The molecule has 0 saturated carbocycles. The van der Waals surface area contributed by atoms with Crippen molar-refractivity contribution in [1.82, 2.24) is 5.32 Å². The summed E-state index contributed by atoms with van der Waals surface area (Å²) < 4.78 is 5.57. The fourth-order valence-corrected chi connectivity index (χ4v) is 5.46. The lowest BCUT2D eigenvalue weighted by Crippen LogP contribution is -2.43. The van der Waals surface area contributed by atoms with E-state index in [0.29, 0.717) is 50.0 Å². The van der Waals surface area contributed by atoms with Crippen LogP contribution in [0.25, 0.3) is 0 Å². The van der Waals surface area contributed by atoms with E-state index in [1.165, 1.54) is 0 Å². The van der Waals surface area contributed by atoms with Gasteiger partial charge in [0.25, 0.3) is 5.91 Å². The van der Waals surface area contributed by atoms with Crippen LogP contribution in [0, 0.1) is 17.8 Å². The molecule has 0 spiro atoms. The first-order valence-corrected chi connectivity index (χ1v) is 16.5. The number of β-amino-alcohol motifs (C(OH)–C–C–N with tert-alkyl or cyclic N) is 1. The standard InChI is InChI=1S/C34H59NO8/c1-5-11-32-33(41)35-22-29(38)21-31(40)30(39)19-18-27(23-36)15-9-13-26(6-2)14-10-17-28(37)16-8-7-12-24(3)20-25(4)34(42)43-32/h9,13,15,24-26,29-32,36,38-40H,5-8,10-12,14,16-23H2,1-4H3,(H,35,41)/b13-9+,27-15-/t24-,25-,26?,29-,30+,31-,32-/m0/s1. The molecule has 43 heavy (non-hydrogen) atoms. The maximum Gasteiger partial charge on any atom is 0.309 e. The lowest BCUT2D eigenvalue weighted by molar-refractivity contribution is -0.160. The molecule has 1 rings (SSSR count). The maximum atomic E-state index is 12.8. The highest BCUT2D eigenvalue weighted by atomic mass is 16.5. The zero-order valence-electron chi connectivity index (χ0n) is 27.0. The van der Waals surface area contributed by atoms with E-state index < -0.39 is 36.3 Å². The fourth-order valence-electron chi connectivity index (χ4n) is 5.46. The highest BCUT2D eigenvalue weighted by Gasteiger charge is 2.27. The van der Waals surface area contributed by atoms with Crippen molar-refractivity contribution in [1.29, 1.82) is 0 Å². The molecule has 5 N–H and O–H groups in total. The molecular weight excluding hydrogens is 550 g/mol. The number of ketones is 1. The highest BCUT2D eigenvalue weighted by molar-refractivity contribution is 5.84. The molecule has 9 heteroatoms. The van der Waals surface area contributed by atoms with E-state index in [1.807, 2.05) is 19.1 Å². The summed E-state index contributed by atoms with van der Waals surface area (Å²) in [5, 5.41) is 43.6. The zero-order chi connectivity index (χ0) is 32.2. The van der Waals surface area contributed by atoms with E-state index >= 15 is 0 Å². The lowest BCUT2D eigenvalue weighted by Gasteiger charge is -2.23. The number of esters is 1. The van der Waals surface area contributed by atoms with E-state index in [1.54, 1.807) is 6.92 Å². The van der Waals surface area contributed by atoms with Gasteiger partial charge in [0.1, 0.15) is 5.78 Å². The lowest BCUT2D eigenvalue weighted by atomic mass is 9.92.